The van der Waals surface area contributed by atoms with E-state index in [0.717, 1.165) is 16.3 Å². The molecule has 0 bridgehead atoms. The van der Waals surface area contributed by atoms with Gasteiger partial charge >= 0.3 is 6.09 Å². The molecule has 0 aliphatic heterocycles. The van der Waals surface area contributed by atoms with Gasteiger partial charge < -0.3 is 39.5 Å². The standard InChI is InChI=1S/C34H37N5O7/c1-34(2,3)46-33(40)38-21(18-44-23-9-7-8-22(11-23)41-4)19-45-24-10-20(15-36-16-24)28-12-25-26-13-30(42-5)31(43-6)14-29(26)37-17-27(25)32(35)39-28/h7-17,21H,18-19H2,1-6H3,(H2,35,39)(H,38,40)/t21-/m1/s1. The molecule has 1 atom stereocenters. The van der Waals surface area contributed by atoms with Gasteiger partial charge in [0.05, 0.1) is 38.7 Å². The number of hydrogen-bond acceptors (Lipinski definition) is 11. The second kappa shape index (κ2) is 13.6. The van der Waals surface area contributed by atoms with Gasteiger partial charge in [0, 0.05) is 40.9 Å². The first-order valence-electron chi connectivity index (χ1n) is 14.5. The molecule has 0 spiro atoms. The Morgan fingerprint density at radius 2 is 1.54 bits per heavy atom. The average Bonchev–Trinajstić information content (AvgIpc) is 3.04. The number of anilines is 1. The smallest absolute Gasteiger partial charge is 0.408 e. The van der Waals surface area contributed by atoms with Crippen LogP contribution < -0.4 is 34.7 Å². The first kappa shape index (κ1) is 31.9. The summed E-state index contributed by atoms with van der Waals surface area (Å²) in [6.45, 7) is 5.56. The number of fused-ring (bicyclic) bond motifs is 3. The fourth-order valence-corrected chi connectivity index (χ4v) is 4.73. The van der Waals surface area contributed by atoms with Crippen LogP contribution in [0.15, 0.2) is 67.1 Å². The highest BCUT2D eigenvalue weighted by Crippen LogP contribution is 2.37. The number of ether oxygens (including phenoxy) is 6. The molecule has 0 fully saturated rings. The Kier molecular flexibility index (Phi) is 9.45. The number of hydrogen-bond donors (Lipinski definition) is 2. The summed E-state index contributed by atoms with van der Waals surface area (Å²) < 4.78 is 33.8. The lowest BCUT2D eigenvalue weighted by Crippen LogP contribution is -2.45. The van der Waals surface area contributed by atoms with Gasteiger partial charge in [-0.25, -0.2) is 9.78 Å². The summed E-state index contributed by atoms with van der Waals surface area (Å²) in [6.07, 6.45) is 4.36. The van der Waals surface area contributed by atoms with E-state index >= 15 is 0 Å². The van der Waals surface area contributed by atoms with Crippen LogP contribution in [0.4, 0.5) is 10.6 Å². The van der Waals surface area contributed by atoms with E-state index in [1.807, 2.05) is 30.3 Å². The molecule has 0 aliphatic rings. The van der Waals surface area contributed by atoms with Gasteiger partial charge in [-0.2, -0.15) is 0 Å². The lowest BCUT2D eigenvalue weighted by Gasteiger charge is -2.24. The SMILES string of the molecule is COc1cccc(OC[C@H](COc2cncc(-c3cc4c(cnc5cc(OC)c(OC)cc54)c(N)n3)c2)NC(=O)OC(C)(C)C)c1. The number of nitrogens with two attached hydrogens (primary N) is 1. The number of nitrogen functional groups attached to an aromatic ring is 1. The number of nitrogens with one attached hydrogen (secondary N) is 1. The highest BCUT2D eigenvalue weighted by Gasteiger charge is 2.21. The number of carbonyl (C=O) groups excluding carboxylic acids is 1. The van der Waals surface area contributed by atoms with E-state index in [1.54, 1.807) is 78.9 Å². The Balaban J connectivity index is 1.39. The van der Waals surface area contributed by atoms with Crippen molar-refractivity contribution in [2.75, 3.05) is 40.3 Å². The number of aromatic nitrogens is 3. The minimum atomic E-state index is -0.672. The van der Waals surface area contributed by atoms with Gasteiger partial charge in [-0.1, -0.05) is 6.07 Å². The largest absolute Gasteiger partial charge is 0.497 e. The number of nitrogens with zero attached hydrogens (tertiary/aromatic N) is 3. The molecular formula is C34H37N5O7. The van der Waals surface area contributed by atoms with E-state index in [9.17, 15) is 4.79 Å². The molecule has 5 aromatic rings. The van der Waals surface area contributed by atoms with Crippen LogP contribution in [0.5, 0.6) is 28.7 Å². The van der Waals surface area contributed by atoms with Crippen molar-refractivity contribution < 1.29 is 33.2 Å². The summed E-state index contributed by atoms with van der Waals surface area (Å²) >= 11 is 0. The quantitative estimate of drug-likeness (QED) is 0.171. The summed E-state index contributed by atoms with van der Waals surface area (Å²) in [7, 11) is 4.74. The molecule has 0 saturated carbocycles. The van der Waals surface area contributed by atoms with Crippen molar-refractivity contribution in [1.29, 1.82) is 0 Å². The minimum Gasteiger partial charge on any atom is -0.497 e. The van der Waals surface area contributed by atoms with Crippen LogP contribution in [-0.4, -0.2) is 67.2 Å². The summed E-state index contributed by atoms with van der Waals surface area (Å²) in [5.74, 6) is 3.16. The fourth-order valence-electron chi connectivity index (χ4n) is 4.73. The normalized spacial score (nSPS) is 12.0. The monoisotopic (exact) mass is 627 g/mol. The molecule has 12 nitrogen and oxygen atoms in total. The van der Waals surface area contributed by atoms with Crippen LogP contribution in [-0.2, 0) is 4.74 Å². The molecule has 0 saturated heterocycles. The minimum absolute atomic E-state index is 0.0690. The van der Waals surface area contributed by atoms with Gasteiger partial charge in [-0.3, -0.25) is 9.97 Å². The lowest BCUT2D eigenvalue weighted by atomic mass is 10.0. The number of pyridine rings is 3. The van der Waals surface area contributed by atoms with Crippen molar-refractivity contribution >= 4 is 33.6 Å². The van der Waals surface area contributed by atoms with Gasteiger partial charge in [0.15, 0.2) is 11.5 Å². The van der Waals surface area contributed by atoms with Gasteiger partial charge in [0.25, 0.3) is 0 Å². The zero-order valence-electron chi connectivity index (χ0n) is 26.6. The molecule has 3 N–H and O–H groups in total. The third kappa shape index (κ3) is 7.57. The van der Waals surface area contributed by atoms with Crippen molar-refractivity contribution in [3.05, 3.63) is 67.1 Å². The van der Waals surface area contributed by atoms with Crippen molar-refractivity contribution in [2.45, 2.75) is 32.4 Å². The van der Waals surface area contributed by atoms with Crippen molar-refractivity contribution in [3.63, 3.8) is 0 Å². The summed E-state index contributed by atoms with van der Waals surface area (Å²) in [4.78, 5) is 26.2. The van der Waals surface area contributed by atoms with E-state index in [4.69, 9.17) is 34.2 Å². The average molecular weight is 628 g/mol. The maximum absolute atomic E-state index is 12.6. The molecule has 240 valence electrons. The van der Waals surface area contributed by atoms with Gasteiger partial charge in [-0.15, -0.1) is 0 Å². The molecule has 46 heavy (non-hydrogen) atoms. The van der Waals surface area contributed by atoms with Crippen LogP contribution in [0.25, 0.3) is 32.9 Å². The molecule has 2 aromatic carbocycles. The summed E-state index contributed by atoms with van der Waals surface area (Å²) in [5, 5.41) is 5.21. The molecule has 5 rings (SSSR count). The fraction of sp³-hybridized carbons (Fsp3) is 0.294. The van der Waals surface area contributed by atoms with E-state index in [-0.39, 0.29) is 13.2 Å². The van der Waals surface area contributed by atoms with Crippen LogP contribution in [0.3, 0.4) is 0 Å². The predicted octanol–water partition coefficient (Wildman–Crippen LogP) is 5.80. The molecule has 3 aromatic heterocycles. The Morgan fingerprint density at radius 1 is 0.826 bits per heavy atom. The third-order valence-electron chi connectivity index (χ3n) is 6.89. The number of alkyl carbamates (subject to hydrolysis) is 1. The van der Waals surface area contributed by atoms with Crippen LogP contribution in [0.2, 0.25) is 0 Å². The van der Waals surface area contributed by atoms with Gasteiger partial charge in [-0.05, 0) is 56.5 Å². The molecular weight excluding hydrogens is 590 g/mol. The number of amides is 1. The second-order valence-corrected chi connectivity index (χ2v) is 11.4. The first-order valence-corrected chi connectivity index (χ1v) is 14.5. The lowest BCUT2D eigenvalue weighted by molar-refractivity contribution is 0.0465. The zero-order valence-corrected chi connectivity index (χ0v) is 26.6. The first-order chi connectivity index (χ1) is 22.1. The van der Waals surface area contributed by atoms with Crippen molar-refractivity contribution in [3.8, 4) is 40.0 Å². The molecule has 0 radical (unpaired) electrons. The molecule has 0 aliphatic carbocycles. The molecule has 0 unspecified atom stereocenters. The Bertz CT molecular complexity index is 1860. The van der Waals surface area contributed by atoms with Gasteiger partial charge in [0.1, 0.15) is 47.9 Å². The van der Waals surface area contributed by atoms with Crippen molar-refractivity contribution in [2.24, 2.45) is 0 Å². The highest BCUT2D eigenvalue weighted by molar-refractivity contribution is 6.10. The molecule has 1 amide bonds. The third-order valence-corrected chi connectivity index (χ3v) is 6.89. The number of carbonyl (C=O) groups is 1. The van der Waals surface area contributed by atoms with Crippen LogP contribution >= 0.6 is 0 Å². The Morgan fingerprint density at radius 3 is 2.26 bits per heavy atom. The van der Waals surface area contributed by atoms with E-state index < -0.39 is 17.7 Å². The van der Waals surface area contributed by atoms with E-state index in [0.29, 0.717) is 51.2 Å². The van der Waals surface area contributed by atoms with Crippen LogP contribution in [0, 0.1) is 0 Å². The van der Waals surface area contributed by atoms with Crippen LogP contribution in [0.1, 0.15) is 20.8 Å². The summed E-state index contributed by atoms with van der Waals surface area (Å²) in [5.41, 5.74) is 7.73. The predicted molar refractivity (Wildman–Crippen MR) is 175 cm³/mol. The number of benzene rings is 2. The Hall–Kier alpha value is -5.52. The van der Waals surface area contributed by atoms with E-state index in [1.165, 1.54) is 0 Å². The van der Waals surface area contributed by atoms with E-state index in [2.05, 4.69) is 20.3 Å². The maximum atomic E-state index is 12.6. The van der Waals surface area contributed by atoms with Crippen molar-refractivity contribution in [1.82, 2.24) is 20.3 Å². The molecule has 12 heteroatoms. The Labute approximate surface area is 266 Å². The number of rotatable bonds is 11. The summed E-state index contributed by atoms with van der Waals surface area (Å²) in [6, 6.07) is 14.1. The topological polar surface area (TPSA) is 149 Å². The second-order valence-electron chi connectivity index (χ2n) is 11.4. The molecule has 3 heterocycles. The highest BCUT2D eigenvalue weighted by atomic mass is 16.6. The maximum Gasteiger partial charge on any atom is 0.408 e. The van der Waals surface area contributed by atoms with Gasteiger partial charge in [0.2, 0.25) is 0 Å². The zero-order chi connectivity index (χ0) is 32.8. The number of methoxy groups -OCH3 is 3.